The first-order valence-electron chi connectivity index (χ1n) is 20.4. The molecule has 280 valence electrons. The van der Waals surface area contributed by atoms with E-state index in [1.54, 1.807) is 0 Å². The predicted molar refractivity (Wildman–Crippen MR) is 247 cm³/mol. The van der Waals surface area contributed by atoms with Gasteiger partial charge >= 0.3 is 0 Å². The van der Waals surface area contributed by atoms with Gasteiger partial charge in [-0.1, -0.05) is 197 Å². The van der Waals surface area contributed by atoms with Gasteiger partial charge in [0.1, 0.15) is 11.2 Å². The first-order chi connectivity index (χ1) is 28.4. The molecule has 8 aromatic carbocycles. The largest absolute Gasteiger partial charge is 0.455 e. The molecule has 0 N–H and O–H groups in total. The van der Waals surface area contributed by atoms with Gasteiger partial charge in [0.25, 0.3) is 0 Å². The lowest BCUT2D eigenvalue weighted by atomic mass is 9.84. The minimum absolute atomic E-state index is 0.0130. The molecule has 0 saturated heterocycles. The number of nitrogens with zero attached hydrogens (tertiary/aromatic N) is 1. The van der Waals surface area contributed by atoms with E-state index >= 15 is 0 Å². The second kappa shape index (κ2) is 14.6. The molecule has 9 aromatic rings. The van der Waals surface area contributed by atoms with Gasteiger partial charge in [0.2, 0.25) is 0 Å². The highest BCUT2D eigenvalue weighted by Gasteiger charge is 2.29. The Morgan fingerprint density at radius 3 is 1.91 bits per heavy atom. The Bertz CT molecular complexity index is 2990. The van der Waals surface area contributed by atoms with Crippen LogP contribution >= 0.6 is 0 Å². The molecule has 1 unspecified atom stereocenters. The molecule has 0 radical (unpaired) electrons. The molecular weight excluding hydrogens is 703 g/mol. The zero-order valence-electron chi connectivity index (χ0n) is 33.2. The van der Waals surface area contributed by atoms with Crippen molar-refractivity contribution in [3.63, 3.8) is 0 Å². The zero-order chi connectivity index (χ0) is 39.2. The van der Waals surface area contributed by atoms with E-state index in [1.807, 2.05) is 6.07 Å². The summed E-state index contributed by atoms with van der Waals surface area (Å²) in [6, 6.07) is 66.3. The fourth-order valence-corrected chi connectivity index (χ4v) is 8.91. The van der Waals surface area contributed by atoms with Crippen LogP contribution in [0.1, 0.15) is 38.3 Å². The summed E-state index contributed by atoms with van der Waals surface area (Å²) in [7, 11) is 0. The molecule has 2 heteroatoms. The van der Waals surface area contributed by atoms with Crippen molar-refractivity contribution in [3.05, 3.63) is 211 Å². The summed E-state index contributed by atoms with van der Waals surface area (Å²) in [5.41, 5.74) is 15.2. The molecule has 2 nitrogen and oxygen atoms in total. The average Bonchev–Trinajstić information content (AvgIpc) is 3.66. The summed E-state index contributed by atoms with van der Waals surface area (Å²) in [6.07, 6.45) is 7.76. The Balaban J connectivity index is 1.15. The van der Waals surface area contributed by atoms with Gasteiger partial charge in [-0.05, 0) is 85.8 Å². The minimum atomic E-state index is 0.0130. The number of fused-ring (bicyclic) bond motifs is 4. The number of benzene rings is 8. The van der Waals surface area contributed by atoms with E-state index in [4.69, 9.17) is 4.42 Å². The molecule has 10 rings (SSSR count). The van der Waals surface area contributed by atoms with Crippen molar-refractivity contribution in [2.45, 2.75) is 38.6 Å². The highest BCUT2D eigenvalue weighted by molar-refractivity contribution is 6.10. The van der Waals surface area contributed by atoms with Gasteiger partial charge in [0, 0.05) is 33.3 Å². The molecular formula is C56H45NO. The lowest BCUT2D eigenvalue weighted by Crippen LogP contribution is -2.33. The van der Waals surface area contributed by atoms with Crippen molar-refractivity contribution < 1.29 is 4.42 Å². The Morgan fingerprint density at radius 2 is 1.12 bits per heavy atom. The van der Waals surface area contributed by atoms with Gasteiger partial charge in [0.15, 0.2) is 0 Å². The summed E-state index contributed by atoms with van der Waals surface area (Å²) in [6.45, 7) is 6.82. The molecule has 1 aliphatic rings. The first-order valence-corrected chi connectivity index (χ1v) is 20.4. The van der Waals surface area contributed by atoms with Crippen molar-refractivity contribution in [2.24, 2.45) is 0 Å². The van der Waals surface area contributed by atoms with Crippen LogP contribution in [0.2, 0.25) is 0 Å². The maximum absolute atomic E-state index is 6.49. The summed E-state index contributed by atoms with van der Waals surface area (Å²) in [5, 5.41) is 4.80. The number of furan rings is 1. The van der Waals surface area contributed by atoms with Crippen LogP contribution in [0.3, 0.4) is 0 Å². The fraction of sp³-hybridized carbons (Fsp3) is 0.107. The Kier molecular flexibility index (Phi) is 8.91. The highest BCUT2D eigenvalue weighted by Crippen LogP contribution is 2.45. The van der Waals surface area contributed by atoms with Crippen LogP contribution < -0.4 is 4.90 Å². The molecule has 1 atom stereocenters. The second-order valence-electron chi connectivity index (χ2n) is 16.4. The molecule has 1 heterocycles. The van der Waals surface area contributed by atoms with Crippen molar-refractivity contribution in [3.8, 4) is 33.4 Å². The summed E-state index contributed by atoms with van der Waals surface area (Å²) in [4.78, 5) is 2.58. The summed E-state index contributed by atoms with van der Waals surface area (Å²) >= 11 is 0. The topological polar surface area (TPSA) is 16.4 Å². The normalized spacial score (nSPS) is 14.3. The summed E-state index contributed by atoms with van der Waals surface area (Å²) < 4.78 is 6.49. The van der Waals surface area contributed by atoms with Crippen molar-refractivity contribution in [2.75, 3.05) is 4.90 Å². The SMILES string of the molecule is CC(C)(C)c1ccc(-c2ccccc2N(c2ccc(-c3cccc4c3oc3ccccc34)cc2)C2CC=CC=C2c2cccc3cccc(-c4ccccc4)c23)cc1. The lowest BCUT2D eigenvalue weighted by Gasteiger charge is -2.38. The molecule has 0 fully saturated rings. The Hall–Kier alpha value is -6.90. The lowest BCUT2D eigenvalue weighted by molar-refractivity contribution is 0.590. The second-order valence-corrected chi connectivity index (χ2v) is 16.4. The van der Waals surface area contributed by atoms with Crippen LogP contribution in [-0.2, 0) is 5.41 Å². The number of hydrogen-bond acceptors (Lipinski definition) is 2. The van der Waals surface area contributed by atoms with Crippen LogP contribution in [0.4, 0.5) is 11.4 Å². The Morgan fingerprint density at radius 1 is 0.517 bits per heavy atom. The zero-order valence-corrected chi connectivity index (χ0v) is 33.2. The van der Waals surface area contributed by atoms with E-state index < -0.39 is 0 Å². The molecule has 0 spiro atoms. The fourth-order valence-electron chi connectivity index (χ4n) is 8.91. The molecule has 58 heavy (non-hydrogen) atoms. The molecule has 1 aromatic heterocycles. The predicted octanol–water partition coefficient (Wildman–Crippen LogP) is 15.6. The van der Waals surface area contributed by atoms with E-state index in [9.17, 15) is 0 Å². The van der Waals surface area contributed by atoms with E-state index in [2.05, 4.69) is 220 Å². The average molecular weight is 748 g/mol. The van der Waals surface area contributed by atoms with Gasteiger partial charge in [-0.25, -0.2) is 0 Å². The van der Waals surface area contributed by atoms with Crippen molar-refractivity contribution in [1.29, 1.82) is 0 Å². The molecule has 1 aliphatic carbocycles. The maximum Gasteiger partial charge on any atom is 0.143 e. The van der Waals surface area contributed by atoms with E-state index in [-0.39, 0.29) is 11.5 Å². The maximum atomic E-state index is 6.49. The summed E-state index contributed by atoms with van der Waals surface area (Å²) in [5.74, 6) is 0. The highest BCUT2D eigenvalue weighted by atomic mass is 16.3. The van der Waals surface area contributed by atoms with Gasteiger partial charge in [-0.2, -0.15) is 0 Å². The van der Waals surface area contributed by atoms with Crippen LogP contribution in [0, 0.1) is 0 Å². The van der Waals surface area contributed by atoms with Gasteiger partial charge < -0.3 is 9.32 Å². The van der Waals surface area contributed by atoms with Crippen LogP contribution in [0.15, 0.2) is 205 Å². The van der Waals surface area contributed by atoms with E-state index in [1.165, 1.54) is 55.4 Å². The number of para-hydroxylation sites is 3. The number of anilines is 2. The monoisotopic (exact) mass is 747 g/mol. The third kappa shape index (κ3) is 6.32. The van der Waals surface area contributed by atoms with Gasteiger partial charge in [0.05, 0.1) is 6.04 Å². The van der Waals surface area contributed by atoms with Gasteiger partial charge in [-0.15, -0.1) is 0 Å². The first kappa shape index (κ1) is 35.5. The number of rotatable bonds is 7. The Labute approximate surface area is 341 Å². The molecule has 0 bridgehead atoms. The standard InChI is InChI=1S/C56H45NO/c1-56(2,3)42-34-30-39(31-35-42)44-20-7-10-27-51(44)57(43-36-32-40(33-37-43)46-24-15-26-50-48-22-9-12-29-53(48)58-55(46)50)52-28-11-8-21-47(52)49-25-14-19-41-18-13-23-45(54(41)49)38-16-5-4-6-17-38/h4-27,29-37,52H,28H2,1-3H3. The smallest absolute Gasteiger partial charge is 0.143 e. The molecule has 0 amide bonds. The van der Waals surface area contributed by atoms with Crippen LogP contribution in [-0.4, -0.2) is 6.04 Å². The third-order valence-electron chi connectivity index (χ3n) is 11.8. The number of hydrogen-bond donors (Lipinski definition) is 0. The number of allylic oxidation sites excluding steroid dienone is 2. The van der Waals surface area contributed by atoms with Crippen molar-refractivity contribution >= 4 is 49.7 Å². The van der Waals surface area contributed by atoms with Crippen molar-refractivity contribution in [1.82, 2.24) is 0 Å². The minimum Gasteiger partial charge on any atom is -0.455 e. The van der Waals surface area contributed by atoms with E-state index in [0.717, 1.165) is 45.2 Å². The van der Waals surface area contributed by atoms with Crippen LogP contribution in [0.5, 0.6) is 0 Å². The third-order valence-corrected chi connectivity index (χ3v) is 11.8. The quantitative estimate of drug-likeness (QED) is 0.161. The van der Waals surface area contributed by atoms with Crippen LogP contribution in [0.25, 0.3) is 71.7 Å². The van der Waals surface area contributed by atoms with E-state index in [0.29, 0.717) is 0 Å². The van der Waals surface area contributed by atoms with Gasteiger partial charge in [-0.3, -0.25) is 0 Å². The molecule has 0 saturated carbocycles. The molecule has 0 aliphatic heterocycles.